The Morgan fingerprint density at radius 2 is 2.25 bits per heavy atom. The summed E-state index contributed by atoms with van der Waals surface area (Å²) in [6.07, 6.45) is 5.68. The summed E-state index contributed by atoms with van der Waals surface area (Å²) in [5.74, 6) is 0. The Morgan fingerprint density at radius 1 is 1.50 bits per heavy atom. The Bertz CT molecular complexity index is 31.5. The third kappa shape index (κ3) is 6.43. The van der Waals surface area contributed by atoms with E-state index in [9.17, 15) is 0 Å². The predicted octanol–water partition coefficient (Wildman–Crippen LogP) is 0.178. The molecule has 0 heterocycles. The van der Waals surface area contributed by atoms with Gasteiger partial charge in [-0.2, -0.15) is 0 Å². The average Bonchev–Trinajstić information content (AvgIpc) is 1.81. The monoisotopic (exact) mass is 145 g/mol. The number of unbranched alkanes of at least 4 members (excludes halogenated alkanes) is 3. The van der Waals surface area contributed by atoms with Crippen LogP contribution in [-0.2, 0) is 0 Å². The first-order valence-corrected chi connectivity index (χ1v) is 10.2. The molecule has 0 aliphatic rings. The molecule has 0 aromatic rings. The summed E-state index contributed by atoms with van der Waals surface area (Å²) < 4.78 is 0. The molecule has 0 aromatic heterocycles. The van der Waals surface area contributed by atoms with Crippen LogP contribution in [0, 0.1) is 6.04 Å². The molecule has 0 aliphatic carbocycles. The fourth-order valence-corrected chi connectivity index (χ4v) is 2.66. The molecule has 0 saturated heterocycles. The lowest BCUT2D eigenvalue weighted by atomic mass is 10.2. The number of hydrogen-bond acceptors (Lipinski definition) is 0. The Kier molecular flexibility index (Phi) is 7.84. The largest absolute Gasteiger partial charge is 0.0654 e. The van der Waals surface area contributed by atoms with Crippen molar-refractivity contribution in [3.8, 4) is 0 Å². The molecule has 1 radical (unpaired) electrons. The molecule has 0 fully saturated rings. The van der Waals surface area contributed by atoms with Gasteiger partial charge in [-0.05, 0) is 9.76 Å². The fourth-order valence-electron chi connectivity index (χ4n) is 0.743. The third-order valence-electron chi connectivity index (χ3n) is 1.30. The van der Waals surface area contributed by atoms with Crippen molar-refractivity contribution in [3.63, 3.8) is 0 Å². The van der Waals surface area contributed by atoms with Gasteiger partial charge in [-0.25, -0.2) is 0 Å². The topological polar surface area (TPSA) is 0 Å². The van der Waals surface area contributed by atoms with Gasteiger partial charge in [0.2, 0.25) is 0 Å². The molecule has 0 N–H and O–H groups in total. The van der Waals surface area contributed by atoms with Crippen molar-refractivity contribution in [1.82, 2.24) is 0 Å². The van der Waals surface area contributed by atoms with Crippen molar-refractivity contribution < 1.29 is 0 Å². The highest BCUT2D eigenvalue weighted by Gasteiger charge is 1.84. The van der Waals surface area contributed by atoms with E-state index in [1.807, 2.05) is 0 Å². The van der Waals surface area contributed by atoms with E-state index in [-0.39, 0.29) is 0 Å². The molecule has 8 heavy (non-hydrogen) atoms. The maximum Gasteiger partial charge on any atom is 0.00790 e. The Labute approximate surface area is 58.1 Å². The highest BCUT2D eigenvalue weighted by molar-refractivity contribution is 6.91. The van der Waals surface area contributed by atoms with Crippen molar-refractivity contribution in [3.05, 3.63) is 6.04 Å². The third-order valence-corrected chi connectivity index (χ3v) is 4.02. The highest BCUT2D eigenvalue weighted by Crippen LogP contribution is 1.99. The van der Waals surface area contributed by atoms with E-state index in [0.29, 0.717) is 9.04 Å². The molecule has 0 spiro atoms. The summed E-state index contributed by atoms with van der Waals surface area (Å²) in [5.41, 5.74) is 0. The minimum absolute atomic E-state index is 0.400. The molecule has 0 aliphatic heterocycles. The first kappa shape index (κ1) is 8.43. The van der Waals surface area contributed by atoms with Gasteiger partial charge in [0.05, 0.1) is 0 Å². The Balaban J connectivity index is 2.53. The van der Waals surface area contributed by atoms with Gasteiger partial charge in [0.1, 0.15) is 0 Å². The number of rotatable bonds is 5. The average molecular weight is 145 g/mol. The zero-order chi connectivity index (χ0) is 6.24. The summed E-state index contributed by atoms with van der Waals surface area (Å²) >= 11 is 0. The molecular formula is C6H17Si2. The van der Waals surface area contributed by atoms with E-state index in [1.54, 1.807) is 0 Å². The standard InChI is InChI=1S/C6H17Si2/c1-2-3-4-5-6-8-7/h6H,2-5,8H2,1,7H3. The molecule has 0 bridgehead atoms. The highest BCUT2D eigenvalue weighted by atomic mass is 29.1. The van der Waals surface area contributed by atoms with Crippen LogP contribution in [-0.4, -0.2) is 18.8 Å². The molecule has 49 valence electrons. The summed E-state index contributed by atoms with van der Waals surface area (Å²) in [5, 5.41) is 0. The fraction of sp³-hybridized carbons (Fsp3) is 0.833. The molecule has 0 aromatic carbocycles. The van der Waals surface area contributed by atoms with Crippen LogP contribution in [0.1, 0.15) is 32.6 Å². The summed E-state index contributed by atoms with van der Waals surface area (Å²) in [7, 11) is 1.89. The molecule has 0 atom stereocenters. The van der Waals surface area contributed by atoms with Crippen LogP contribution in [0.2, 0.25) is 0 Å². The van der Waals surface area contributed by atoms with Crippen LogP contribution in [0.25, 0.3) is 0 Å². The number of hydrogen-bond donors (Lipinski definition) is 0. The van der Waals surface area contributed by atoms with Gasteiger partial charge in [0.25, 0.3) is 0 Å². The van der Waals surface area contributed by atoms with E-state index >= 15 is 0 Å². The molecule has 0 unspecified atom stereocenters. The van der Waals surface area contributed by atoms with Crippen molar-refractivity contribution >= 4 is 18.8 Å². The maximum absolute atomic E-state index is 2.56. The van der Waals surface area contributed by atoms with Crippen LogP contribution in [0.15, 0.2) is 0 Å². The first-order chi connectivity index (χ1) is 3.91. The van der Waals surface area contributed by atoms with Crippen molar-refractivity contribution in [2.45, 2.75) is 32.6 Å². The van der Waals surface area contributed by atoms with E-state index in [1.165, 1.54) is 35.4 Å². The second-order valence-electron chi connectivity index (χ2n) is 2.19. The Morgan fingerprint density at radius 3 is 2.75 bits per heavy atom. The lowest BCUT2D eigenvalue weighted by molar-refractivity contribution is 0.723. The lowest BCUT2D eigenvalue weighted by Crippen LogP contribution is -1.89. The maximum atomic E-state index is 2.56. The van der Waals surface area contributed by atoms with Gasteiger partial charge in [-0.1, -0.05) is 38.7 Å². The van der Waals surface area contributed by atoms with Gasteiger partial charge >= 0.3 is 0 Å². The molecule has 0 amide bonds. The molecular weight excluding hydrogens is 128 g/mol. The van der Waals surface area contributed by atoms with Crippen LogP contribution in [0.5, 0.6) is 0 Å². The minimum atomic E-state index is 0.400. The minimum Gasteiger partial charge on any atom is -0.0654 e. The quantitative estimate of drug-likeness (QED) is 0.382. The second-order valence-corrected chi connectivity index (χ2v) is 6.04. The van der Waals surface area contributed by atoms with Crippen LogP contribution in [0.4, 0.5) is 0 Å². The zero-order valence-corrected chi connectivity index (χ0v) is 9.53. The Hall–Kier alpha value is 0.434. The second kappa shape index (κ2) is 7.43. The molecule has 2 heteroatoms. The van der Waals surface area contributed by atoms with E-state index in [2.05, 4.69) is 13.0 Å². The molecule has 0 saturated carbocycles. The first-order valence-electron chi connectivity index (χ1n) is 3.73. The smallest absolute Gasteiger partial charge is 0.00790 e. The van der Waals surface area contributed by atoms with Gasteiger partial charge in [-0.15, -0.1) is 0 Å². The van der Waals surface area contributed by atoms with Crippen molar-refractivity contribution in [2.75, 3.05) is 0 Å². The summed E-state index contributed by atoms with van der Waals surface area (Å²) in [6.45, 7) is 2.26. The van der Waals surface area contributed by atoms with Gasteiger partial charge in [0, 0.05) is 9.04 Å². The molecule has 0 rings (SSSR count). The normalized spacial score (nSPS) is 11.6. The lowest BCUT2D eigenvalue weighted by Gasteiger charge is -1.93. The van der Waals surface area contributed by atoms with Gasteiger partial charge in [-0.3, -0.25) is 0 Å². The van der Waals surface area contributed by atoms with Crippen molar-refractivity contribution in [1.29, 1.82) is 0 Å². The van der Waals surface area contributed by atoms with Gasteiger partial charge < -0.3 is 0 Å². The van der Waals surface area contributed by atoms with E-state index in [4.69, 9.17) is 0 Å². The summed E-state index contributed by atoms with van der Waals surface area (Å²) in [6, 6.07) is 2.56. The van der Waals surface area contributed by atoms with Crippen LogP contribution in [0.3, 0.4) is 0 Å². The van der Waals surface area contributed by atoms with E-state index in [0.717, 1.165) is 0 Å². The van der Waals surface area contributed by atoms with Crippen LogP contribution >= 0.6 is 0 Å². The SMILES string of the molecule is CCCCC[CH][SiH2][SiH3]. The summed E-state index contributed by atoms with van der Waals surface area (Å²) in [4.78, 5) is 0. The predicted molar refractivity (Wildman–Crippen MR) is 46.9 cm³/mol. The van der Waals surface area contributed by atoms with Gasteiger partial charge in [0.15, 0.2) is 0 Å². The molecule has 0 nitrogen and oxygen atoms in total. The van der Waals surface area contributed by atoms with Crippen molar-refractivity contribution in [2.24, 2.45) is 0 Å². The van der Waals surface area contributed by atoms with Crippen LogP contribution < -0.4 is 0 Å². The van der Waals surface area contributed by atoms with E-state index < -0.39 is 0 Å². The zero-order valence-electron chi connectivity index (χ0n) is 6.11.